The van der Waals surface area contributed by atoms with Crippen molar-refractivity contribution in [2.75, 3.05) is 13.7 Å². The van der Waals surface area contributed by atoms with Gasteiger partial charge in [-0.3, -0.25) is 4.79 Å². The van der Waals surface area contributed by atoms with Crippen molar-refractivity contribution in [2.45, 2.75) is 13.8 Å². The Kier molecular flexibility index (Phi) is 4.86. The Morgan fingerprint density at radius 3 is 2.52 bits per heavy atom. The molecule has 21 heavy (non-hydrogen) atoms. The van der Waals surface area contributed by atoms with Gasteiger partial charge in [-0.05, 0) is 55.3 Å². The predicted molar refractivity (Wildman–Crippen MR) is 83.7 cm³/mol. The van der Waals surface area contributed by atoms with Crippen LogP contribution in [-0.2, 0) is 0 Å². The summed E-state index contributed by atoms with van der Waals surface area (Å²) in [6.45, 7) is 3.80. The monoisotopic (exact) mass is 304 g/mol. The van der Waals surface area contributed by atoms with Gasteiger partial charge in [-0.15, -0.1) is 0 Å². The highest BCUT2D eigenvalue weighted by Gasteiger charge is 2.13. The predicted octanol–water partition coefficient (Wildman–Crippen LogP) is 4.23. The first kappa shape index (κ1) is 15.4. The van der Waals surface area contributed by atoms with Gasteiger partial charge >= 0.3 is 0 Å². The first-order chi connectivity index (χ1) is 10.0. The summed E-state index contributed by atoms with van der Waals surface area (Å²) in [5.41, 5.74) is 2.46. The third-order valence-corrected chi connectivity index (χ3v) is 3.39. The van der Waals surface area contributed by atoms with Crippen molar-refractivity contribution in [3.63, 3.8) is 0 Å². The zero-order chi connectivity index (χ0) is 15.4. The summed E-state index contributed by atoms with van der Waals surface area (Å²) >= 11 is 5.89. The average molecular weight is 305 g/mol. The quantitative estimate of drug-likeness (QED) is 0.776. The van der Waals surface area contributed by atoms with Crippen LogP contribution in [0.2, 0.25) is 5.02 Å². The Morgan fingerprint density at radius 2 is 1.86 bits per heavy atom. The van der Waals surface area contributed by atoms with Crippen LogP contribution in [-0.4, -0.2) is 19.5 Å². The Balaban J connectivity index is 2.11. The molecule has 0 aliphatic heterocycles. The Bertz CT molecular complexity index is 665. The molecule has 4 heteroatoms. The molecule has 0 saturated carbocycles. The molecular formula is C17H17ClO3. The topological polar surface area (TPSA) is 35.5 Å². The van der Waals surface area contributed by atoms with E-state index in [1.165, 1.54) is 0 Å². The highest BCUT2D eigenvalue weighted by atomic mass is 35.5. The number of hydrogen-bond donors (Lipinski definition) is 0. The van der Waals surface area contributed by atoms with Crippen molar-refractivity contribution in [1.82, 2.24) is 0 Å². The summed E-state index contributed by atoms with van der Waals surface area (Å²) in [5.74, 6) is 1.09. The molecule has 0 aliphatic rings. The third-order valence-electron chi connectivity index (χ3n) is 3.15. The van der Waals surface area contributed by atoms with Crippen LogP contribution in [0.3, 0.4) is 0 Å². The molecular weight excluding hydrogens is 288 g/mol. The number of methoxy groups -OCH3 is 1. The molecule has 0 unspecified atom stereocenters. The summed E-state index contributed by atoms with van der Waals surface area (Å²) in [5, 5.41) is 0.645. The third kappa shape index (κ3) is 3.76. The van der Waals surface area contributed by atoms with Gasteiger partial charge in [0.15, 0.2) is 6.61 Å². The summed E-state index contributed by atoms with van der Waals surface area (Å²) < 4.78 is 10.8. The highest BCUT2D eigenvalue weighted by Crippen LogP contribution is 2.23. The number of ketones is 1. The van der Waals surface area contributed by atoms with E-state index in [9.17, 15) is 4.79 Å². The molecule has 0 amide bonds. The molecule has 0 aliphatic carbocycles. The maximum Gasteiger partial charge on any atom is 0.203 e. The lowest BCUT2D eigenvalue weighted by atomic mass is 10.1. The molecule has 0 bridgehead atoms. The minimum absolute atomic E-state index is 0.0398. The van der Waals surface area contributed by atoms with Crippen LogP contribution in [0.15, 0.2) is 36.4 Å². The van der Waals surface area contributed by atoms with Gasteiger partial charge in [0.05, 0.1) is 12.7 Å². The number of ether oxygens (including phenoxy) is 2. The first-order valence-electron chi connectivity index (χ1n) is 6.58. The number of carbonyl (C=O) groups is 1. The van der Waals surface area contributed by atoms with Gasteiger partial charge in [0.2, 0.25) is 5.78 Å². The van der Waals surface area contributed by atoms with E-state index < -0.39 is 0 Å². The standard InChI is InChI=1S/C17H17ClO3/c1-11-4-6-14(17(8-11)20-3)15(19)10-21-16-7-5-13(18)9-12(16)2/h4-9H,10H2,1-3H3. The van der Waals surface area contributed by atoms with Gasteiger partial charge in [0.1, 0.15) is 11.5 Å². The molecule has 2 rings (SSSR count). The summed E-state index contributed by atoms with van der Waals surface area (Å²) in [6.07, 6.45) is 0. The van der Waals surface area contributed by atoms with E-state index in [4.69, 9.17) is 21.1 Å². The number of rotatable bonds is 5. The fraction of sp³-hybridized carbons (Fsp3) is 0.235. The van der Waals surface area contributed by atoms with Crippen LogP contribution in [0, 0.1) is 13.8 Å². The molecule has 110 valence electrons. The van der Waals surface area contributed by atoms with Crippen molar-refractivity contribution in [1.29, 1.82) is 0 Å². The van der Waals surface area contributed by atoms with Crippen LogP contribution in [0.5, 0.6) is 11.5 Å². The number of aryl methyl sites for hydroxylation is 2. The van der Waals surface area contributed by atoms with Gasteiger partial charge in [-0.2, -0.15) is 0 Å². The van der Waals surface area contributed by atoms with Crippen LogP contribution in [0.1, 0.15) is 21.5 Å². The highest BCUT2D eigenvalue weighted by molar-refractivity contribution is 6.30. The lowest BCUT2D eigenvalue weighted by Crippen LogP contribution is -2.13. The van der Waals surface area contributed by atoms with Crippen LogP contribution in [0.4, 0.5) is 0 Å². The largest absolute Gasteiger partial charge is 0.496 e. The minimum Gasteiger partial charge on any atom is -0.496 e. The first-order valence-corrected chi connectivity index (χ1v) is 6.96. The van der Waals surface area contributed by atoms with Crippen LogP contribution >= 0.6 is 11.6 Å². The fourth-order valence-corrected chi connectivity index (χ4v) is 2.25. The zero-order valence-electron chi connectivity index (χ0n) is 12.3. The smallest absolute Gasteiger partial charge is 0.203 e. The maximum atomic E-state index is 12.3. The van der Waals surface area contributed by atoms with E-state index in [0.29, 0.717) is 22.1 Å². The van der Waals surface area contributed by atoms with Gasteiger partial charge in [-0.1, -0.05) is 17.7 Å². The van der Waals surface area contributed by atoms with Crippen molar-refractivity contribution in [3.8, 4) is 11.5 Å². The average Bonchev–Trinajstić information content (AvgIpc) is 2.45. The molecule has 2 aromatic rings. The van der Waals surface area contributed by atoms with E-state index in [0.717, 1.165) is 11.1 Å². The Labute approximate surface area is 129 Å². The molecule has 0 atom stereocenters. The van der Waals surface area contributed by atoms with Crippen molar-refractivity contribution >= 4 is 17.4 Å². The Morgan fingerprint density at radius 1 is 1.10 bits per heavy atom. The second-order valence-electron chi connectivity index (χ2n) is 4.83. The molecule has 0 aromatic heterocycles. The van der Waals surface area contributed by atoms with E-state index >= 15 is 0 Å². The van der Waals surface area contributed by atoms with Crippen molar-refractivity contribution in [3.05, 3.63) is 58.1 Å². The van der Waals surface area contributed by atoms with E-state index in [2.05, 4.69) is 0 Å². The zero-order valence-corrected chi connectivity index (χ0v) is 13.0. The molecule has 0 spiro atoms. The Hall–Kier alpha value is -2.00. The lowest BCUT2D eigenvalue weighted by Gasteiger charge is -2.11. The van der Waals surface area contributed by atoms with Gasteiger partial charge in [-0.25, -0.2) is 0 Å². The van der Waals surface area contributed by atoms with Gasteiger partial charge < -0.3 is 9.47 Å². The number of hydrogen-bond acceptors (Lipinski definition) is 3. The number of Topliss-reactive ketones (excluding diaryl/α,β-unsaturated/α-hetero) is 1. The van der Waals surface area contributed by atoms with Crippen LogP contribution in [0.25, 0.3) is 0 Å². The fourth-order valence-electron chi connectivity index (χ4n) is 2.02. The lowest BCUT2D eigenvalue weighted by molar-refractivity contribution is 0.0918. The van der Waals surface area contributed by atoms with E-state index in [1.54, 1.807) is 31.4 Å². The summed E-state index contributed by atoms with van der Waals surface area (Å²) in [6, 6.07) is 10.8. The molecule has 3 nitrogen and oxygen atoms in total. The molecule has 2 aromatic carbocycles. The molecule has 0 saturated heterocycles. The SMILES string of the molecule is COc1cc(C)ccc1C(=O)COc1ccc(Cl)cc1C. The maximum absolute atomic E-state index is 12.3. The summed E-state index contributed by atoms with van der Waals surface area (Å²) in [7, 11) is 1.55. The van der Waals surface area contributed by atoms with Crippen LogP contribution < -0.4 is 9.47 Å². The second-order valence-corrected chi connectivity index (χ2v) is 5.26. The number of halogens is 1. The number of benzene rings is 2. The molecule has 0 N–H and O–H groups in total. The normalized spacial score (nSPS) is 10.3. The minimum atomic E-state index is -0.124. The molecule has 0 heterocycles. The molecule has 0 fully saturated rings. The van der Waals surface area contributed by atoms with Crippen molar-refractivity contribution < 1.29 is 14.3 Å². The summed E-state index contributed by atoms with van der Waals surface area (Å²) in [4.78, 5) is 12.3. The number of carbonyl (C=O) groups excluding carboxylic acids is 1. The van der Waals surface area contributed by atoms with Gasteiger partial charge in [0.25, 0.3) is 0 Å². The molecule has 0 radical (unpaired) electrons. The van der Waals surface area contributed by atoms with E-state index in [-0.39, 0.29) is 12.4 Å². The van der Waals surface area contributed by atoms with E-state index in [1.807, 2.05) is 26.0 Å². The second kappa shape index (κ2) is 6.64. The van der Waals surface area contributed by atoms with Gasteiger partial charge in [0, 0.05) is 5.02 Å². The van der Waals surface area contributed by atoms with Crippen molar-refractivity contribution in [2.24, 2.45) is 0 Å².